The molecule has 98 valence electrons. The highest BCUT2D eigenvalue weighted by Gasteiger charge is 2.21. The molecule has 0 bridgehead atoms. The minimum absolute atomic E-state index is 0.130. The van der Waals surface area contributed by atoms with Crippen molar-refractivity contribution in [2.45, 2.75) is 20.8 Å². The highest BCUT2D eigenvalue weighted by Crippen LogP contribution is 2.31. The maximum absolute atomic E-state index is 13.4. The van der Waals surface area contributed by atoms with Gasteiger partial charge in [-0.15, -0.1) is 0 Å². The molecule has 1 N–H and O–H groups in total. The van der Waals surface area contributed by atoms with Crippen molar-refractivity contribution in [3.63, 3.8) is 0 Å². The van der Waals surface area contributed by atoms with E-state index in [9.17, 15) is 22.7 Å². The van der Waals surface area contributed by atoms with Gasteiger partial charge in [-0.05, 0) is 24.6 Å². The van der Waals surface area contributed by atoms with Crippen LogP contribution in [0.25, 0.3) is 10.8 Å². The van der Waals surface area contributed by atoms with Crippen molar-refractivity contribution in [2.75, 3.05) is 0 Å². The minimum Gasteiger partial charge on any atom is -0.508 e. The van der Waals surface area contributed by atoms with Gasteiger partial charge < -0.3 is 5.11 Å². The lowest BCUT2D eigenvalue weighted by Gasteiger charge is -2.07. The molecule has 18 heavy (non-hydrogen) atoms. The molecule has 0 saturated carbocycles. The van der Waals surface area contributed by atoms with Crippen molar-refractivity contribution in [3.05, 3.63) is 41.0 Å². The molecule has 0 aliphatic rings. The van der Waals surface area contributed by atoms with E-state index in [0.29, 0.717) is 0 Å². The van der Waals surface area contributed by atoms with E-state index in [-0.39, 0.29) is 16.7 Å². The standard InChI is InChI=1S/C11H6F4O.C2H6/c1-4-2-5(16)3-6-7(4)9(13)11(15)10(14)8(6)12;1-2/h2-3,16H,1H3;1-2H3. The fourth-order valence-corrected chi connectivity index (χ4v) is 1.65. The summed E-state index contributed by atoms with van der Waals surface area (Å²) in [6.45, 7) is 5.36. The molecule has 0 heterocycles. The van der Waals surface area contributed by atoms with Crippen molar-refractivity contribution in [1.82, 2.24) is 0 Å². The normalized spacial score (nSPS) is 10.2. The van der Waals surface area contributed by atoms with E-state index in [1.54, 1.807) is 0 Å². The SMILES string of the molecule is CC.Cc1cc(O)cc2c(F)c(F)c(F)c(F)c12. The molecule has 2 aromatic rings. The van der Waals surface area contributed by atoms with Gasteiger partial charge in [0.1, 0.15) is 5.75 Å². The number of aryl methyl sites for hydroxylation is 1. The molecule has 0 unspecified atom stereocenters. The molecule has 2 aromatic carbocycles. The van der Waals surface area contributed by atoms with Gasteiger partial charge in [0.2, 0.25) is 0 Å². The fourth-order valence-electron chi connectivity index (χ4n) is 1.65. The van der Waals surface area contributed by atoms with Gasteiger partial charge in [0.15, 0.2) is 23.3 Å². The van der Waals surface area contributed by atoms with Crippen LogP contribution >= 0.6 is 0 Å². The molecule has 1 nitrogen and oxygen atoms in total. The van der Waals surface area contributed by atoms with Crippen molar-refractivity contribution in [3.8, 4) is 5.75 Å². The number of phenols is 1. The Morgan fingerprint density at radius 1 is 0.833 bits per heavy atom. The molecule has 0 radical (unpaired) electrons. The minimum atomic E-state index is -1.88. The second kappa shape index (κ2) is 5.25. The van der Waals surface area contributed by atoms with Crippen molar-refractivity contribution >= 4 is 10.8 Å². The van der Waals surface area contributed by atoms with Crippen LogP contribution in [0.1, 0.15) is 19.4 Å². The number of phenolic OH excluding ortho intramolecular Hbond substituents is 1. The molecule has 0 saturated heterocycles. The monoisotopic (exact) mass is 260 g/mol. The molecule has 0 aromatic heterocycles. The topological polar surface area (TPSA) is 20.2 Å². The zero-order chi connectivity index (χ0) is 14.0. The molecule has 0 amide bonds. The zero-order valence-electron chi connectivity index (χ0n) is 10.1. The van der Waals surface area contributed by atoms with Crippen LogP contribution in [0.4, 0.5) is 17.6 Å². The largest absolute Gasteiger partial charge is 0.508 e. The molecule has 0 aliphatic carbocycles. The van der Waals surface area contributed by atoms with Crippen LogP contribution in [-0.2, 0) is 0 Å². The number of hydrogen-bond acceptors (Lipinski definition) is 1. The first kappa shape index (κ1) is 14.3. The summed E-state index contributed by atoms with van der Waals surface area (Å²) in [4.78, 5) is 0. The van der Waals surface area contributed by atoms with E-state index >= 15 is 0 Å². The van der Waals surface area contributed by atoms with E-state index in [4.69, 9.17) is 0 Å². The average Bonchev–Trinajstić information content (AvgIpc) is 2.35. The highest BCUT2D eigenvalue weighted by molar-refractivity contribution is 5.88. The Hall–Kier alpha value is -1.78. The lowest BCUT2D eigenvalue weighted by Crippen LogP contribution is -1.99. The van der Waals surface area contributed by atoms with Crippen LogP contribution in [0.3, 0.4) is 0 Å². The third-order valence-corrected chi connectivity index (χ3v) is 2.35. The van der Waals surface area contributed by atoms with Gasteiger partial charge in [-0.1, -0.05) is 13.8 Å². The van der Waals surface area contributed by atoms with E-state index in [2.05, 4.69) is 0 Å². The summed E-state index contributed by atoms with van der Waals surface area (Å²) in [5, 5.41) is 8.34. The van der Waals surface area contributed by atoms with E-state index in [1.165, 1.54) is 6.92 Å². The molecule has 0 fully saturated rings. The predicted octanol–water partition coefficient (Wildman–Crippen LogP) is 4.44. The molecule has 0 aliphatic heterocycles. The number of hydrogen-bond donors (Lipinski definition) is 1. The Kier molecular flexibility index (Phi) is 4.16. The quantitative estimate of drug-likeness (QED) is 0.422. The summed E-state index contributed by atoms with van der Waals surface area (Å²) in [6.07, 6.45) is 0. The smallest absolute Gasteiger partial charge is 0.198 e. The van der Waals surface area contributed by atoms with Crippen molar-refractivity contribution < 1.29 is 22.7 Å². The average molecular weight is 260 g/mol. The van der Waals surface area contributed by atoms with Gasteiger partial charge in [0, 0.05) is 10.8 Å². The Bertz CT molecular complexity index is 594. The van der Waals surface area contributed by atoms with Gasteiger partial charge >= 0.3 is 0 Å². The number of benzene rings is 2. The summed E-state index contributed by atoms with van der Waals surface area (Å²) < 4.78 is 52.5. The molecule has 0 atom stereocenters. The summed E-state index contributed by atoms with van der Waals surface area (Å²) in [6, 6.07) is 1.99. The van der Waals surface area contributed by atoms with Crippen molar-refractivity contribution in [1.29, 1.82) is 0 Å². The number of rotatable bonds is 0. The van der Waals surface area contributed by atoms with E-state index in [0.717, 1.165) is 12.1 Å². The van der Waals surface area contributed by atoms with Gasteiger partial charge in [-0.25, -0.2) is 17.6 Å². The first-order valence-electron chi connectivity index (χ1n) is 5.38. The van der Waals surface area contributed by atoms with E-state index < -0.39 is 28.7 Å². The lowest BCUT2D eigenvalue weighted by molar-refractivity contribution is 0.417. The summed E-state index contributed by atoms with van der Waals surface area (Å²) in [7, 11) is 0. The lowest BCUT2D eigenvalue weighted by atomic mass is 10.0. The molecule has 5 heteroatoms. The van der Waals surface area contributed by atoms with Crippen LogP contribution in [0.15, 0.2) is 12.1 Å². The van der Waals surface area contributed by atoms with Crippen LogP contribution in [0.2, 0.25) is 0 Å². The number of fused-ring (bicyclic) bond motifs is 1. The summed E-state index contributed by atoms with van der Waals surface area (Å²) in [5.74, 6) is -7.03. The summed E-state index contributed by atoms with van der Waals surface area (Å²) in [5.41, 5.74) is 0.130. The molecular weight excluding hydrogens is 248 g/mol. The third kappa shape index (κ3) is 2.12. The first-order chi connectivity index (χ1) is 8.43. The van der Waals surface area contributed by atoms with Gasteiger partial charge in [-0.2, -0.15) is 0 Å². The second-order valence-corrected chi connectivity index (χ2v) is 3.44. The van der Waals surface area contributed by atoms with Crippen LogP contribution in [0.5, 0.6) is 5.75 Å². The van der Waals surface area contributed by atoms with Crippen LogP contribution < -0.4 is 0 Å². The molecule has 2 rings (SSSR count). The Balaban J connectivity index is 0.000000771. The maximum atomic E-state index is 13.4. The maximum Gasteiger partial charge on any atom is 0.198 e. The fraction of sp³-hybridized carbons (Fsp3) is 0.231. The second-order valence-electron chi connectivity index (χ2n) is 3.44. The summed E-state index contributed by atoms with van der Waals surface area (Å²) >= 11 is 0. The Morgan fingerprint density at radius 2 is 1.33 bits per heavy atom. The van der Waals surface area contributed by atoms with Crippen molar-refractivity contribution in [2.24, 2.45) is 0 Å². The zero-order valence-corrected chi connectivity index (χ0v) is 10.1. The van der Waals surface area contributed by atoms with Gasteiger partial charge in [-0.3, -0.25) is 0 Å². The number of halogens is 4. The molecular formula is C13H12F4O. The van der Waals surface area contributed by atoms with Crippen LogP contribution in [0, 0.1) is 30.2 Å². The van der Waals surface area contributed by atoms with E-state index in [1.807, 2.05) is 13.8 Å². The third-order valence-electron chi connectivity index (χ3n) is 2.35. The molecule has 0 spiro atoms. The Morgan fingerprint density at radius 3 is 1.89 bits per heavy atom. The van der Waals surface area contributed by atoms with Gasteiger partial charge in [0.25, 0.3) is 0 Å². The first-order valence-corrected chi connectivity index (χ1v) is 5.38. The number of aromatic hydroxyl groups is 1. The Labute approximate surface area is 102 Å². The highest BCUT2D eigenvalue weighted by atomic mass is 19.2. The van der Waals surface area contributed by atoms with Gasteiger partial charge in [0.05, 0.1) is 0 Å². The predicted molar refractivity (Wildman–Crippen MR) is 61.5 cm³/mol. The van der Waals surface area contributed by atoms with Crippen LogP contribution in [-0.4, -0.2) is 5.11 Å².